The second kappa shape index (κ2) is 9.79. The van der Waals surface area contributed by atoms with Crippen LogP contribution in [0, 0.1) is 0 Å². The van der Waals surface area contributed by atoms with Gasteiger partial charge in [-0.15, -0.1) is 0 Å². The fraction of sp³-hybridized carbons (Fsp3) is 0.235. The molecule has 1 saturated heterocycles. The average molecular weight is 532 g/mol. The summed E-state index contributed by atoms with van der Waals surface area (Å²) in [4.78, 5) is 0. The van der Waals surface area contributed by atoms with Crippen molar-refractivity contribution in [3.63, 3.8) is 0 Å². The van der Waals surface area contributed by atoms with Crippen molar-refractivity contribution < 1.29 is 13.9 Å². The lowest BCUT2D eigenvalue weighted by Crippen LogP contribution is -2.41. The molecule has 1 aliphatic carbocycles. The van der Waals surface area contributed by atoms with E-state index in [1.165, 1.54) is 0 Å². The van der Waals surface area contributed by atoms with E-state index < -0.39 is 25.5 Å². The molecule has 0 aromatic heterocycles. The topological polar surface area (TPSA) is 35.5 Å². The van der Waals surface area contributed by atoms with Crippen molar-refractivity contribution in [3.8, 4) is 11.1 Å². The fourth-order valence-corrected chi connectivity index (χ4v) is 8.28. The lowest BCUT2D eigenvalue weighted by Gasteiger charge is -2.32. The minimum absolute atomic E-state index is 0.400. The Balaban J connectivity index is 1.41. The molecule has 6 rings (SSSR count). The molecule has 0 bridgehead atoms. The summed E-state index contributed by atoms with van der Waals surface area (Å²) in [7, 11) is -3.39. The van der Waals surface area contributed by atoms with Crippen LogP contribution in [0.1, 0.15) is 40.5 Å². The molecule has 0 saturated carbocycles. The molecule has 2 aliphatic rings. The Labute approximate surface area is 232 Å². The van der Waals surface area contributed by atoms with Gasteiger partial charge in [-0.2, -0.15) is 0 Å². The van der Waals surface area contributed by atoms with Crippen molar-refractivity contribution in [3.05, 3.63) is 115 Å². The Kier molecular flexibility index (Phi) is 6.54. The van der Waals surface area contributed by atoms with Gasteiger partial charge in [0.2, 0.25) is 0 Å². The molecule has 3 nitrogen and oxygen atoms in total. The van der Waals surface area contributed by atoms with Crippen molar-refractivity contribution in [2.75, 3.05) is 0 Å². The first-order valence-electron chi connectivity index (χ1n) is 13.7. The number of allylic oxidation sites excluding steroid dienone is 4. The summed E-state index contributed by atoms with van der Waals surface area (Å²) in [6.07, 6.45) is 8.23. The van der Waals surface area contributed by atoms with Crippen LogP contribution < -0.4 is 16.1 Å². The molecule has 0 amide bonds. The standard InChI is InChI=1S/C34H34BO3P/c1-33(2)34(3,4)38-35(37-33)32-24-23-29(30-17-11-12-18-31(30)32)25-19-21-28(22-20-25)39(36,26-13-7-5-8-14-26)27-15-9-6-10-16-27/h5,7-9,11-24H,6,10H2,1-4H3. The van der Waals surface area contributed by atoms with Gasteiger partial charge in [-0.3, -0.25) is 0 Å². The van der Waals surface area contributed by atoms with Crippen molar-refractivity contribution in [2.24, 2.45) is 0 Å². The van der Waals surface area contributed by atoms with Gasteiger partial charge in [-0.25, -0.2) is 0 Å². The zero-order chi connectivity index (χ0) is 27.3. The van der Waals surface area contributed by atoms with Crippen LogP contribution in [0.3, 0.4) is 0 Å². The third-order valence-electron chi connectivity index (χ3n) is 8.47. The van der Waals surface area contributed by atoms with Gasteiger partial charge < -0.3 is 13.9 Å². The molecule has 1 heterocycles. The van der Waals surface area contributed by atoms with E-state index in [1.54, 1.807) is 0 Å². The molecule has 0 radical (unpaired) electrons. The summed E-state index contributed by atoms with van der Waals surface area (Å²) < 4.78 is 27.6. The van der Waals surface area contributed by atoms with Crippen LogP contribution in [0.5, 0.6) is 0 Å². The highest BCUT2D eigenvalue weighted by Crippen LogP contribution is 2.53. The monoisotopic (exact) mass is 532 g/mol. The van der Waals surface area contributed by atoms with Crippen molar-refractivity contribution in [1.29, 1.82) is 0 Å². The lowest BCUT2D eigenvalue weighted by molar-refractivity contribution is 0.00578. The summed E-state index contributed by atoms with van der Waals surface area (Å²) >= 11 is 0. The predicted molar refractivity (Wildman–Crippen MR) is 165 cm³/mol. The summed E-state index contributed by atoms with van der Waals surface area (Å²) in [6, 6.07) is 30.9. The average Bonchev–Trinajstić information content (AvgIpc) is 3.19. The van der Waals surface area contributed by atoms with E-state index in [0.717, 1.165) is 56.1 Å². The molecule has 1 atom stereocenters. The molecular weight excluding hydrogens is 498 g/mol. The van der Waals surface area contributed by atoms with E-state index in [-0.39, 0.29) is 0 Å². The van der Waals surface area contributed by atoms with Crippen LogP contribution in [0.15, 0.2) is 115 Å². The van der Waals surface area contributed by atoms with Gasteiger partial charge in [0.15, 0.2) is 7.14 Å². The van der Waals surface area contributed by atoms with Gasteiger partial charge in [0.25, 0.3) is 0 Å². The Morgan fingerprint density at radius 3 is 1.95 bits per heavy atom. The number of hydrogen-bond acceptors (Lipinski definition) is 3. The maximum absolute atomic E-state index is 14.8. The molecule has 1 fully saturated rings. The van der Waals surface area contributed by atoms with Crippen LogP contribution in [-0.4, -0.2) is 18.3 Å². The molecule has 5 heteroatoms. The Hall–Kier alpha value is -3.17. The SMILES string of the molecule is CC1(C)OB(c2ccc(-c3ccc(P(=O)(C4=CCCC=C4)c4ccccc4)cc3)c3ccccc23)OC1(C)C. The molecule has 1 unspecified atom stereocenters. The smallest absolute Gasteiger partial charge is 0.399 e. The zero-order valence-corrected chi connectivity index (χ0v) is 24.0. The Bertz CT molecular complexity index is 1620. The molecule has 0 spiro atoms. The van der Waals surface area contributed by atoms with Crippen molar-refractivity contribution >= 4 is 41.1 Å². The number of hydrogen-bond donors (Lipinski definition) is 0. The van der Waals surface area contributed by atoms with E-state index in [4.69, 9.17) is 9.31 Å². The van der Waals surface area contributed by atoms with Gasteiger partial charge in [-0.05, 0) is 67.9 Å². The van der Waals surface area contributed by atoms with Crippen molar-refractivity contribution in [2.45, 2.75) is 51.7 Å². The molecule has 0 N–H and O–H groups in total. The highest BCUT2D eigenvalue weighted by atomic mass is 31.2. The van der Waals surface area contributed by atoms with E-state index in [0.29, 0.717) is 0 Å². The molecule has 1 aliphatic heterocycles. The van der Waals surface area contributed by atoms with E-state index >= 15 is 0 Å². The van der Waals surface area contributed by atoms with E-state index in [2.05, 4.69) is 88.4 Å². The van der Waals surface area contributed by atoms with Gasteiger partial charge in [-0.1, -0.05) is 109 Å². The maximum atomic E-state index is 14.8. The summed E-state index contributed by atoms with van der Waals surface area (Å²) in [5, 5.41) is 4.90. The summed E-state index contributed by atoms with van der Waals surface area (Å²) in [5.41, 5.74) is 2.45. The first-order valence-corrected chi connectivity index (χ1v) is 15.4. The van der Waals surface area contributed by atoms with Crippen LogP contribution in [-0.2, 0) is 13.9 Å². The third kappa shape index (κ3) is 4.45. The van der Waals surface area contributed by atoms with Crippen LogP contribution >= 0.6 is 7.14 Å². The molecule has 4 aromatic rings. The highest BCUT2D eigenvalue weighted by molar-refractivity contribution is 7.82. The largest absolute Gasteiger partial charge is 0.495 e. The van der Waals surface area contributed by atoms with Gasteiger partial charge in [0.05, 0.1) is 11.2 Å². The minimum atomic E-state index is -2.96. The van der Waals surface area contributed by atoms with Gasteiger partial charge >= 0.3 is 7.12 Å². The van der Waals surface area contributed by atoms with E-state index in [9.17, 15) is 4.57 Å². The quantitative estimate of drug-likeness (QED) is 0.199. The first-order chi connectivity index (χ1) is 18.7. The Morgan fingerprint density at radius 1 is 0.692 bits per heavy atom. The van der Waals surface area contributed by atoms with Crippen LogP contribution in [0.2, 0.25) is 0 Å². The summed E-state index contributed by atoms with van der Waals surface area (Å²) in [6.45, 7) is 8.33. The van der Waals surface area contributed by atoms with Gasteiger partial charge in [0.1, 0.15) is 0 Å². The third-order valence-corrected chi connectivity index (χ3v) is 11.6. The minimum Gasteiger partial charge on any atom is -0.399 e. The molecule has 196 valence electrons. The normalized spacial score (nSPS) is 19.6. The number of fused-ring (bicyclic) bond motifs is 1. The van der Waals surface area contributed by atoms with Crippen molar-refractivity contribution in [1.82, 2.24) is 0 Å². The summed E-state index contributed by atoms with van der Waals surface area (Å²) in [5.74, 6) is 0. The van der Waals surface area contributed by atoms with Crippen LogP contribution in [0.25, 0.3) is 21.9 Å². The number of rotatable bonds is 5. The predicted octanol–water partition coefficient (Wildman–Crippen LogP) is 7.35. The second-order valence-electron chi connectivity index (χ2n) is 11.4. The second-order valence-corrected chi connectivity index (χ2v) is 14.2. The first kappa shape index (κ1) is 26.1. The maximum Gasteiger partial charge on any atom is 0.495 e. The number of benzene rings is 4. The molecule has 4 aromatic carbocycles. The van der Waals surface area contributed by atoms with Gasteiger partial charge in [0, 0.05) is 15.9 Å². The molecule has 39 heavy (non-hydrogen) atoms. The highest BCUT2D eigenvalue weighted by Gasteiger charge is 2.52. The van der Waals surface area contributed by atoms with E-state index in [1.807, 2.05) is 48.5 Å². The Morgan fingerprint density at radius 2 is 1.31 bits per heavy atom. The molecular formula is C34H34BO3P. The lowest BCUT2D eigenvalue weighted by atomic mass is 9.75. The zero-order valence-electron chi connectivity index (χ0n) is 23.1. The van der Waals surface area contributed by atoms with Crippen LogP contribution in [0.4, 0.5) is 0 Å². The fourth-order valence-electron chi connectivity index (χ4n) is 5.52.